The number of carboxylic acids is 1. The highest BCUT2D eigenvalue weighted by Crippen LogP contribution is 2.45. The monoisotopic (exact) mass is 370 g/mol. The maximum Gasteiger partial charge on any atom is 0.345 e. The summed E-state index contributed by atoms with van der Waals surface area (Å²) in [5, 5.41) is 23.5. The van der Waals surface area contributed by atoms with Crippen LogP contribution in [0.15, 0.2) is 29.0 Å². The molecule has 1 saturated carbocycles. The Labute approximate surface area is 148 Å². The Hall–Kier alpha value is -0.880. The Bertz CT molecular complexity index is 653. The van der Waals surface area contributed by atoms with Crippen molar-refractivity contribution in [2.24, 2.45) is 5.92 Å². The summed E-state index contributed by atoms with van der Waals surface area (Å²) in [6, 6.07) is 5.64. The van der Waals surface area contributed by atoms with Gasteiger partial charge >= 0.3 is 5.97 Å². The van der Waals surface area contributed by atoms with Crippen LogP contribution in [-0.2, 0) is 6.42 Å². The van der Waals surface area contributed by atoms with Crippen LogP contribution in [0.5, 0.6) is 0 Å². The van der Waals surface area contributed by atoms with E-state index in [0.29, 0.717) is 11.3 Å². The lowest BCUT2D eigenvalue weighted by atomic mass is 9.86. The van der Waals surface area contributed by atoms with Crippen LogP contribution in [0.3, 0.4) is 0 Å². The van der Waals surface area contributed by atoms with E-state index in [2.05, 4.69) is 11.4 Å². The number of aromatic carboxylic acids is 1. The lowest BCUT2D eigenvalue weighted by Crippen LogP contribution is -2.18. The predicted molar refractivity (Wildman–Crippen MR) is 95.0 cm³/mol. The molecule has 0 unspecified atom stereocenters. The van der Waals surface area contributed by atoms with Crippen LogP contribution < -0.4 is 0 Å². The van der Waals surface area contributed by atoms with Crippen LogP contribution in [0.2, 0.25) is 0 Å². The van der Waals surface area contributed by atoms with E-state index in [1.807, 2.05) is 11.4 Å². The number of aliphatic hydroxyl groups is 1. The average Bonchev–Trinajstić information content (AvgIpc) is 3.20. The molecular formula is C17H19ClO3S2. The number of halogens is 1. The summed E-state index contributed by atoms with van der Waals surface area (Å²) in [7, 11) is 0. The molecule has 0 aliphatic heterocycles. The minimum absolute atomic E-state index is 0.00724. The summed E-state index contributed by atoms with van der Waals surface area (Å²) < 4.78 is 0. The first-order valence-electron chi connectivity index (χ1n) is 7.72. The second-order valence-electron chi connectivity index (χ2n) is 6.03. The first kappa shape index (κ1) is 17.0. The maximum absolute atomic E-state index is 10.9. The zero-order valence-electron chi connectivity index (χ0n) is 12.5. The van der Waals surface area contributed by atoms with Gasteiger partial charge in [-0.2, -0.15) is 11.3 Å². The van der Waals surface area contributed by atoms with Gasteiger partial charge in [0.25, 0.3) is 0 Å². The Balaban J connectivity index is 1.60. The van der Waals surface area contributed by atoms with Crippen molar-refractivity contribution in [1.29, 1.82) is 0 Å². The largest absolute Gasteiger partial charge is 0.477 e. The van der Waals surface area contributed by atoms with Gasteiger partial charge in [0.15, 0.2) is 0 Å². The zero-order chi connectivity index (χ0) is 16.4. The number of alkyl halides is 1. The Morgan fingerprint density at radius 1 is 1.35 bits per heavy atom. The van der Waals surface area contributed by atoms with Gasteiger partial charge in [0.2, 0.25) is 0 Å². The number of hydrogen-bond acceptors (Lipinski definition) is 4. The van der Waals surface area contributed by atoms with Crippen LogP contribution in [0, 0.1) is 5.92 Å². The summed E-state index contributed by atoms with van der Waals surface area (Å²) >= 11 is 9.47. The molecule has 0 bridgehead atoms. The Morgan fingerprint density at radius 2 is 2.17 bits per heavy atom. The van der Waals surface area contributed by atoms with Crippen molar-refractivity contribution < 1.29 is 15.0 Å². The molecule has 1 aliphatic carbocycles. The zero-order valence-corrected chi connectivity index (χ0v) is 14.9. The summed E-state index contributed by atoms with van der Waals surface area (Å²) in [5.74, 6) is -0.458. The molecule has 0 spiro atoms. The smallest absolute Gasteiger partial charge is 0.345 e. The number of carbonyl (C=O) groups is 1. The van der Waals surface area contributed by atoms with Crippen LogP contribution in [0.1, 0.15) is 45.3 Å². The van der Waals surface area contributed by atoms with Gasteiger partial charge in [-0.05, 0) is 66.1 Å². The maximum atomic E-state index is 10.9. The van der Waals surface area contributed by atoms with Gasteiger partial charge in [-0.15, -0.1) is 22.9 Å². The van der Waals surface area contributed by atoms with Crippen molar-refractivity contribution in [2.75, 3.05) is 0 Å². The van der Waals surface area contributed by atoms with Crippen molar-refractivity contribution in [2.45, 2.75) is 43.1 Å². The molecule has 0 saturated heterocycles. The van der Waals surface area contributed by atoms with Gasteiger partial charge in [-0.3, -0.25) is 0 Å². The molecule has 0 amide bonds. The van der Waals surface area contributed by atoms with Crippen LogP contribution in [0.4, 0.5) is 0 Å². The third-order valence-corrected chi connectivity index (χ3v) is 6.90. The van der Waals surface area contributed by atoms with E-state index in [1.54, 1.807) is 17.4 Å². The van der Waals surface area contributed by atoms with Gasteiger partial charge in [0.1, 0.15) is 4.88 Å². The number of aliphatic hydroxyl groups excluding tert-OH is 1. The van der Waals surface area contributed by atoms with E-state index in [0.717, 1.165) is 24.1 Å². The minimum atomic E-state index is -0.862. The standard InChI is InChI=1S/C17H19ClO3S2/c18-13-8-14(19)16(10-6-7-22-9-10)12(13)3-1-2-11-4-5-15(23-11)17(20)21/h4-7,9,12-14,16,19H,1-3,8H2,(H,20,21)/t12-,13+,14+,16+/m0/s1. The first-order valence-corrected chi connectivity index (χ1v) is 9.92. The van der Waals surface area contributed by atoms with Crippen LogP contribution in [0.25, 0.3) is 0 Å². The lowest BCUT2D eigenvalue weighted by molar-refractivity contribution is 0.0702. The molecule has 2 N–H and O–H groups in total. The lowest BCUT2D eigenvalue weighted by Gasteiger charge is -2.22. The molecule has 2 aromatic rings. The van der Waals surface area contributed by atoms with Crippen molar-refractivity contribution in [3.63, 3.8) is 0 Å². The first-order chi connectivity index (χ1) is 11.1. The van der Waals surface area contributed by atoms with Crippen molar-refractivity contribution in [3.05, 3.63) is 44.3 Å². The number of thiophene rings is 2. The van der Waals surface area contributed by atoms with E-state index < -0.39 is 5.97 Å². The number of carboxylic acid groups (broad SMARTS) is 1. The third-order valence-electron chi connectivity index (χ3n) is 4.57. The van der Waals surface area contributed by atoms with E-state index in [-0.39, 0.29) is 23.3 Å². The Kier molecular flexibility index (Phi) is 5.42. The van der Waals surface area contributed by atoms with Gasteiger partial charge in [0, 0.05) is 16.2 Å². The van der Waals surface area contributed by atoms with Gasteiger partial charge < -0.3 is 10.2 Å². The molecule has 0 aromatic carbocycles. The van der Waals surface area contributed by atoms with Crippen LogP contribution in [-0.4, -0.2) is 27.7 Å². The molecule has 1 fully saturated rings. The highest BCUT2D eigenvalue weighted by Gasteiger charge is 2.42. The molecular weight excluding hydrogens is 352 g/mol. The minimum Gasteiger partial charge on any atom is -0.477 e. The predicted octanol–water partition coefficient (Wildman–Crippen LogP) is 4.60. The molecule has 4 atom stereocenters. The number of hydrogen-bond donors (Lipinski definition) is 2. The molecule has 2 aromatic heterocycles. The van der Waals surface area contributed by atoms with Gasteiger partial charge in [-0.1, -0.05) is 0 Å². The molecule has 0 radical (unpaired) electrons. The Morgan fingerprint density at radius 3 is 2.83 bits per heavy atom. The normalized spacial score (nSPS) is 27.4. The van der Waals surface area contributed by atoms with Crippen molar-refractivity contribution >= 4 is 40.2 Å². The summed E-state index contributed by atoms with van der Waals surface area (Å²) in [5.41, 5.74) is 1.19. The highest BCUT2D eigenvalue weighted by atomic mass is 35.5. The van der Waals surface area contributed by atoms with Crippen LogP contribution >= 0.6 is 34.3 Å². The molecule has 1 aliphatic rings. The van der Waals surface area contributed by atoms with E-state index >= 15 is 0 Å². The summed E-state index contributed by atoms with van der Waals surface area (Å²) in [6.07, 6.45) is 3.06. The number of rotatable bonds is 6. The molecule has 124 valence electrons. The molecule has 2 heterocycles. The van der Waals surface area contributed by atoms with E-state index in [9.17, 15) is 9.90 Å². The quantitative estimate of drug-likeness (QED) is 0.730. The number of aryl methyl sites for hydroxylation is 1. The van der Waals surface area contributed by atoms with Gasteiger partial charge in [-0.25, -0.2) is 4.79 Å². The fraction of sp³-hybridized carbons (Fsp3) is 0.471. The topological polar surface area (TPSA) is 57.5 Å². The fourth-order valence-electron chi connectivity index (χ4n) is 3.50. The summed E-state index contributed by atoms with van der Waals surface area (Å²) in [6.45, 7) is 0. The van der Waals surface area contributed by atoms with Crippen molar-refractivity contribution in [1.82, 2.24) is 0 Å². The SMILES string of the molecule is O=C(O)c1ccc(CCC[C@@H]2[C@@H](c3ccsc3)[C@H](O)C[C@H]2Cl)s1. The molecule has 23 heavy (non-hydrogen) atoms. The molecule has 3 nitrogen and oxygen atoms in total. The second kappa shape index (κ2) is 7.34. The summed E-state index contributed by atoms with van der Waals surface area (Å²) in [4.78, 5) is 12.4. The highest BCUT2D eigenvalue weighted by molar-refractivity contribution is 7.13. The van der Waals surface area contributed by atoms with E-state index in [4.69, 9.17) is 16.7 Å². The van der Waals surface area contributed by atoms with E-state index in [1.165, 1.54) is 16.9 Å². The fourth-order valence-corrected chi connectivity index (χ4v) is 5.56. The molecule has 3 rings (SSSR count). The third kappa shape index (κ3) is 3.79. The molecule has 6 heteroatoms. The van der Waals surface area contributed by atoms with Crippen molar-refractivity contribution in [3.8, 4) is 0 Å². The van der Waals surface area contributed by atoms with Gasteiger partial charge in [0.05, 0.1) is 6.10 Å². The second-order valence-corrected chi connectivity index (χ2v) is 8.54. The average molecular weight is 371 g/mol.